The Morgan fingerprint density at radius 2 is 2.36 bits per heavy atom. The second-order valence-electron chi connectivity index (χ2n) is 5.86. The van der Waals surface area contributed by atoms with Crippen molar-refractivity contribution in [1.82, 2.24) is 14.8 Å². The van der Waals surface area contributed by atoms with Gasteiger partial charge in [0.2, 0.25) is 11.8 Å². The summed E-state index contributed by atoms with van der Waals surface area (Å²) in [6.07, 6.45) is 1.98. The molecule has 2 aromatic heterocycles. The molecule has 0 bridgehead atoms. The highest BCUT2D eigenvalue weighted by Gasteiger charge is 2.32. The second kappa shape index (κ2) is 6.22. The number of carbonyl (C=O) groups is 1. The van der Waals surface area contributed by atoms with Crippen LogP contribution in [0.15, 0.2) is 21.9 Å². The lowest BCUT2D eigenvalue weighted by Crippen LogP contribution is -2.42. The van der Waals surface area contributed by atoms with Gasteiger partial charge < -0.3 is 9.32 Å². The normalized spacial score (nSPS) is 18.8. The van der Waals surface area contributed by atoms with E-state index in [0.717, 1.165) is 35.7 Å². The summed E-state index contributed by atoms with van der Waals surface area (Å²) in [7, 11) is 3.63. The van der Waals surface area contributed by atoms with E-state index in [-0.39, 0.29) is 11.9 Å². The van der Waals surface area contributed by atoms with E-state index in [4.69, 9.17) is 4.42 Å². The average molecular weight is 319 g/mol. The first-order valence-electron chi connectivity index (χ1n) is 7.51. The molecule has 0 aromatic carbocycles. The van der Waals surface area contributed by atoms with Gasteiger partial charge in [0.1, 0.15) is 5.76 Å². The van der Waals surface area contributed by atoms with Crippen LogP contribution in [0.2, 0.25) is 0 Å². The van der Waals surface area contributed by atoms with Crippen LogP contribution in [0.3, 0.4) is 0 Å². The van der Waals surface area contributed by atoms with Gasteiger partial charge in [-0.2, -0.15) is 0 Å². The van der Waals surface area contributed by atoms with Gasteiger partial charge in [-0.1, -0.05) is 6.07 Å². The number of thiophene rings is 1. The maximum atomic E-state index is 12.3. The first-order chi connectivity index (χ1) is 10.6. The van der Waals surface area contributed by atoms with Gasteiger partial charge in [0, 0.05) is 20.6 Å². The monoisotopic (exact) mass is 319 g/mol. The molecule has 22 heavy (non-hydrogen) atoms. The van der Waals surface area contributed by atoms with Crippen molar-refractivity contribution in [3.05, 3.63) is 29.0 Å². The average Bonchev–Trinajstić information content (AvgIpc) is 3.20. The summed E-state index contributed by atoms with van der Waals surface area (Å²) in [5.74, 6) is 1.70. The van der Waals surface area contributed by atoms with Crippen LogP contribution in [0.25, 0.3) is 10.8 Å². The number of rotatable bonds is 4. The van der Waals surface area contributed by atoms with Gasteiger partial charge in [-0.15, -0.1) is 11.3 Å². The maximum absolute atomic E-state index is 12.3. The zero-order valence-electron chi connectivity index (χ0n) is 13.2. The summed E-state index contributed by atoms with van der Waals surface area (Å²) in [4.78, 5) is 21.8. The molecule has 6 heteroatoms. The fourth-order valence-electron chi connectivity index (χ4n) is 2.87. The van der Waals surface area contributed by atoms with Gasteiger partial charge >= 0.3 is 0 Å². The van der Waals surface area contributed by atoms with E-state index in [9.17, 15) is 4.79 Å². The Bertz CT molecular complexity index is 648. The van der Waals surface area contributed by atoms with Crippen LogP contribution in [0, 0.1) is 6.92 Å². The van der Waals surface area contributed by atoms with Gasteiger partial charge in [-0.3, -0.25) is 9.69 Å². The molecule has 3 heterocycles. The maximum Gasteiger partial charge on any atom is 0.239 e. The fourth-order valence-corrected chi connectivity index (χ4v) is 3.51. The van der Waals surface area contributed by atoms with Crippen molar-refractivity contribution < 1.29 is 9.21 Å². The number of amides is 1. The van der Waals surface area contributed by atoms with Crippen LogP contribution in [0.5, 0.6) is 0 Å². The zero-order chi connectivity index (χ0) is 15.7. The van der Waals surface area contributed by atoms with Gasteiger partial charge in [0.15, 0.2) is 0 Å². The van der Waals surface area contributed by atoms with Crippen molar-refractivity contribution in [2.24, 2.45) is 0 Å². The lowest BCUT2D eigenvalue weighted by molar-refractivity contribution is -0.133. The minimum atomic E-state index is -0.0312. The summed E-state index contributed by atoms with van der Waals surface area (Å²) in [6.45, 7) is 3.55. The van der Waals surface area contributed by atoms with Gasteiger partial charge in [0.05, 0.1) is 16.6 Å². The Balaban J connectivity index is 1.77. The molecule has 118 valence electrons. The van der Waals surface area contributed by atoms with Crippen molar-refractivity contribution in [3.8, 4) is 10.8 Å². The van der Waals surface area contributed by atoms with Crippen molar-refractivity contribution in [2.75, 3.05) is 20.6 Å². The highest BCUT2D eigenvalue weighted by atomic mass is 32.1. The largest absolute Gasteiger partial charge is 0.440 e. The van der Waals surface area contributed by atoms with Crippen molar-refractivity contribution in [2.45, 2.75) is 32.4 Å². The minimum Gasteiger partial charge on any atom is -0.440 e. The van der Waals surface area contributed by atoms with Gasteiger partial charge in [-0.05, 0) is 37.8 Å². The summed E-state index contributed by atoms with van der Waals surface area (Å²) in [6, 6.07) is 3.97. The zero-order valence-corrected chi connectivity index (χ0v) is 14.0. The molecule has 1 aliphatic rings. The molecule has 0 radical (unpaired) electrons. The molecule has 3 rings (SSSR count). The molecule has 1 unspecified atom stereocenters. The molecule has 1 saturated heterocycles. The Morgan fingerprint density at radius 3 is 3.05 bits per heavy atom. The van der Waals surface area contributed by atoms with Crippen LogP contribution in [-0.4, -0.2) is 47.4 Å². The SMILES string of the molecule is Cc1oc(-c2cccs2)nc1CN1CCCC1C(=O)N(C)C. The Morgan fingerprint density at radius 1 is 1.55 bits per heavy atom. The molecule has 1 amide bonds. The van der Waals surface area contributed by atoms with E-state index in [0.29, 0.717) is 12.4 Å². The van der Waals surface area contributed by atoms with Gasteiger partial charge in [-0.25, -0.2) is 4.98 Å². The molecule has 1 atom stereocenters. The summed E-state index contributed by atoms with van der Waals surface area (Å²) in [5, 5.41) is 2.01. The van der Waals surface area contributed by atoms with Crippen LogP contribution in [-0.2, 0) is 11.3 Å². The number of likely N-dealkylation sites (tertiary alicyclic amines) is 1. The Labute approximate surface area is 134 Å². The third-order valence-corrected chi connectivity index (χ3v) is 4.92. The van der Waals surface area contributed by atoms with Crippen LogP contribution >= 0.6 is 11.3 Å². The van der Waals surface area contributed by atoms with Crippen molar-refractivity contribution in [1.29, 1.82) is 0 Å². The molecule has 1 fully saturated rings. The molecule has 0 N–H and O–H groups in total. The lowest BCUT2D eigenvalue weighted by Gasteiger charge is -2.25. The number of hydrogen-bond acceptors (Lipinski definition) is 5. The van der Waals surface area contributed by atoms with Crippen LogP contribution < -0.4 is 0 Å². The predicted octanol–water partition coefficient (Wildman–Crippen LogP) is 2.76. The van der Waals surface area contributed by atoms with Crippen LogP contribution in [0.1, 0.15) is 24.3 Å². The summed E-state index contributed by atoms with van der Waals surface area (Å²) < 4.78 is 5.79. The standard InChI is InChI=1S/C16H21N3O2S/c1-11-12(17-15(21-11)14-7-5-9-22-14)10-19-8-4-6-13(19)16(20)18(2)3/h5,7,9,13H,4,6,8,10H2,1-3H3. The third kappa shape index (κ3) is 2.94. The van der Waals surface area contributed by atoms with Crippen molar-refractivity contribution >= 4 is 17.2 Å². The molecule has 2 aromatic rings. The molecular formula is C16H21N3O2S. The van der Waals surface area contributed by atoms with E-state index < -0.39 is 0 Å². The number of hydrogen-bond donors (Lipinski definition) is 0. The summed E-state index contributed by atoms with van der Waals surface area (Å²) in [5.41, 5.74) is 0.932. The minimum absolute atomic E-state index is 0.0312. The lowest BCUT2D eigenvalue weighted by atomic mass is 10.2. The smallest absolute Gasteiger partial charge is 0.239 e. The topological polar surface area (TPSA) is 49.6 Å². The highest BCUT2D eigenvalue weighted by molar-refractivity contribution is 7.13. The highest BCUT2D eigenvalue weighted by Crippen LogP contribution is 2.28. The van der Waals surface area contributed by atoms with Crippen LogP contribution in [0.4, 0.5) is 0 Å². The Hall–Kier alpha value is -1.66. The molecular weight excluding hydrogens is 298 g/mol. The second-order valence-corrected chi connectivity index (χ2v) is 6.81. The quantitative estimate of drug-likeness (QED) is 0.869. The number of oxazole rings is 1. The predicted molar refractivity (Wildman–Crippen MR) is 86.7 cm³/mol. The van der Waals surface area contributed by atoms with E-state index >= 15 is 0 Å². The molecule has 0 spiro atoms. The Kier molecular flexibility index (Phi) is 4.31. The van der Waals surface area contributed by atoms with Crippen molar-refractivity contribution in [3.63, 3.8) is 0 Å². The van der Waals surface area contributed by atoms with Gasteiger partial charge in [0.25, 0.3) is 0 Å². The number of aromatic nitrogens is 1. The number of aryl methyl sites for hydroxylation is 1. The van der Waals surface area contributed by atoms with E-state index in [2.05, 4.69) is 9.88 Å². The number of likely N-dealkylation sites (N-methyl/N-ethyl adjacent to an activating group) is 1. The third-order valence-electron chi connectivity index (χ3n) is 4.07. The fraction of sp³-hybridized carbons (Fsp3) is 0.500. The number of nitrogens with zero attached hydrogens (tertiary/aromatic N) is 3. The van der Waals surface area contributed by atoms with E-state index in [1.54, 1.807) is 16.2 Å². The molecule has 1 aliphatic heterocycles. The summed E-state index contributed by atoms with van der Waals surface area (Å²) >= 11 is 1.62. The molecule has 0 aliphatic carbocycles. The van der Waals surface area contributed by atoms with E-state index in [1.807, 2.05) is 38.5 Å². The molecule has 0 saturated carbocycles. The van der Waals surface area contributed by atoms with E-state index in [1.165, 1.54) is 0 Å². The molecule has 5 nitrogen and oxygen atoms in total. The first kappa shape index (κ1) is 15.2. The number of carbonyl (C=O) groups excluding carboxylic acids is 1. The first-order valence-corrected chi connectivity index (χ1v) is 8.39.